The van der Waals surface area contributed by atoms with Crippen molar-refractivity contribution in [1.82, 2.24) is 14.9 Å². The highest BCUT2D eigenvalue weighted by Crippen LogP contribution is 2.18. The van der Waals surface area contributed by atoms with Gasteiger partial charge in [0.1, 0.15) is 0 Å². The Hall–Kier alpha value is -0.620. The summed E-state index contributed by atoms with van der Waals surface area (Å²) in [5, 5.41) is 3.20. The lowest BCUT2D eigenvalue weighted by molar-refractivity contribution is -0.149. The molecule has 1 unspecified atom stereocenters. The Labute approximate surface area is 168 Å². The Balaban J connectivity index is 0.00000576. The normalized spacial score (nSPS) is 18.4. The highest BCUT2D eigenvalue weighted by molar-refractivity contribution is 14.0. The molecule has 1 aliphatic rings. The van der Waals surface area contributed by atoms with Crippen molar-refractivity contribution in [3.05, 3.63) is 0 Å². The van der Waals surface area contributed by atoms with Gasteiger partial charge in [-0.25, -0.2) is 13.1 Å². The molecule has 0 aromatic carbocycles. The number of nitrogens with one attached hydrogen (secondary N) is 2. The molecule has 0 amide bonds. The maximum absolute atomic E-state index is 11.9. The largest absolute Gasteiger partial charge is 0.466 e. The van der Waals surface area contributed by atoms with Gasteiger partial charge in [-0.15, -0.1) is 24.0 Å². The third-order valence-corrected chi connectivity index (χ3v) is 5.16. The molecule has 0 bridgehead atoms. The number of sulfonamides is 1. The standard InChI is InChI=1S/C15H30N4O4S.HI/c1-4-16-15(17-9-10-18-24(21,22)6-3)19-11-7-8-13(12-19)14(20)23-5-2;/h13,18H,4-12H2,1-3H3,(H,16,17);1H. The van der Waals surface area contributed by atoms with Crippen LogP contribution in [0.2, 0.25) is 0 Å². The van der Waals surface area contributed by atoms with E-state index in [1.54, 1.807) is 13.8 Å². The zero-order valence-electron chi connectivity index (χ0n) is 15.3. The monoisotopic (exact) mass is 490 g/mol. The molecule has 0 spiro atoms. The fraction of sp³-hybridized carbons (Fsp3) is 0.867. The molecule has 1 rings (SSSR count). The fourth-order valence-corrected chi connectivity index (χ4v) is 3.12. The summed E-state index contributed by atoms with van der Waals surface area (Å²) in [6.45, 7) is 8.49. The molecule has 0 aromatic heterocycles. The molecule has 1 heterocycles. The second-order valence-electron chi connectivity index (χ2n) is 5.57. The van der Waals surface area contributed by atoms with E-state index in [0.717, 1.165) is 19.4 Å². The minimum atomic E-state index is -3.20. The van der Waals surface area contributed by atoms with Crippen LogP contribution in [0.3, 0.4) is 0 Å². The van der Waals surface area contributed by atoms with Crippen LogP contribution in [-0.4, -0.2) is 70.3 Å². The van der Waals surface area contributed by atoms with E-state index >= 15 is 0 Å². The van der Waals surface area contributed by atoms with E-state index < -0.39 is 10.0 Å². The molecular weight excluding hydrogens is 459 g/mol. The molecule has 0 saturated carbocycles. The molecule has 25 heavy (non-hydrogen) atoms. The number of halogens is 1. The van der Waals surface area contributed by atoms with Crippen molar-refractivity contribution in [2.45, 2.75) is 33.6 Å². The number of aliphatic imine (C=N–C) groups is 1. The van der Waals surface area contributed by atoms with Crippen LogP contribution in [0.25, 0.3) is 0 Å². The number of esters is 1. The summed E-state index contributed by atoms with van der Waals surface area (Å²) in [5.74, 6) is 0.474. The maximum Gasteiger partial charge on any atom is 0.310 e. The summed E-state index contributed by atoms with van der Waals surface area (Å²) < 4.78 is 30.4. The minimum absolute atomic E-state index is 0. The molecule has 10 heteroatoms. The van der Waals surface area contributed by atoms with Crippen molar-refractivity contribution < 1.29 is 17.9 Å². The number of hydrogen-bond donors (Lipinski definition) is 2. The van der Waals surface area contributed by atoms with E-state index in [2.05, 4.69) is 15.0 Å². The number of carbonyl (C=O) groups is 1. The first kappa shape index (κ1) is 24.4. The third-order valence-electron chi connectivity index (χ3n) is 3.75. The lowest BCUT2D eigenvalue weighted by Gasteiger charge is -2.34. The minimum Gasteiger partial charge on any atom is -0.466 e. The molecule has 0 aromatic rings. The van der Waals surface area contributed by atoms with Gasteiger partial charge in [0, 0.05) is 26.2 Å². The number of hydrogen-bond acceptors (Lipinski definition) is 5. The van der Waals surface area contributed by atoms with Crippen LogP contribution in [0.4, 0.5) is 0 Å². The molecule has 0 aliphatic carbocycles. The zero-order chi connectivity index (χ0) is 18.0. The van der Waals surface area contributed by atoms with Gasteiger partial charge in [-0.1, -0.05) is 0 Å². The van der Waals surface area contributed by atoms with E-state index in [1.165, 1.54) is 0 Å². The Morgan fingerprint density at radius 2 is 2.04 bits per heavy atom. The molecule has 148 valence electrons. The van der Waals surface area contributed by atoms with Crippen LogP contribution >= 0.6 is 24.0 Å². The Morgan fingerprint density at radius 1 is 1.32 bits per heavy atom. The van der Waals surface area contributed by atoms with E-state index in [4.69, 9.17) is 4.74 Å². The Kier molecular flexibility index (Phi) is 12.4. The molecular formula is C15H31IN4O4S. The smallest absolute Gasteiger partial charge is 0.310 e. The summed E-state index contributed by atoms with van der Waals surface area (Å²) in [7, 11) is -3.20. The van der Waals surface area contributed by atoms with Gasteiger partial charge in [0.15, 0.2) is 5.96 Å². The third kappa shape index (κ3) is 9.04. The average molecular weight is 490 g/mol. The first-order valence-corrected chi connectivity index (χ1v) is 10.3. The molecule has 1 atom stereocenters. The van der Waals surface area contributed by atoms with E-state index in [9.17, 15) is 13.2 Å². The fourth-order valence-electron chi connectivity index (χ4n) is 2.51. The van der Waals surface area contributed by atoms with Gasteiger partial charge in [0.05, 0.1) is 24.8 Å². The quantitative estimate of drug-likeness (QED) is 0.172. The molecule has 1 aliphatic heterocycles. The van der Waals surface area contributed by atoms with Crippen LogP contribution < -0.4 is 10.0 Å². The molecule has 8 nitrogen and oxygen atoms in total. The van der Waals surface area contributed by atoms with E-state index in [1.807, 2.05) is 11.8 Å². The van der Waals surface area contributed by atoms with Gasteiger partial charge >= 0.3 is 5.97 Å². The van der Waals surface area contributed by atoms with Crippen molar-refractivity contribution in [1.29, 1.82) is 0 Å². The van der Waals surface area contributed by atoms with Crippen LogP contribution in [0, 0.1) is 5.92 Å². The van der Waals surface area contributed by atoms with Crippen LogP contribution in [-0.2, 0) is 19.6 Å². The van der Waals surface area contributed by atoms with Crippen molar-refractivity contribution in [2.75, 3.05) is 45.1 Å². The van der Waals surface area contributed by atoms with Crippen LogP contribution in [0.1, 0.15) is 33.6 Å². The summed E-state index contributed by atoms with van der Waals surface area (Å²) in [4.78, 5) is 18.5. The SMILES string of the molecule is CCNC(=NCCNS(=O)(=O)CC)N1CCCC(C(=O)OCC)C1.I. The van der Waals surface area contributed by atoms with Gasteiger partial charge in [-0.05, 0) is 33.6 Å². The lowest BCUT2D eigenvalue weighted by Crippen LogP contribution is -2.48. The summed E-state index contributed by atoms with van der Waals surface area (Å²) in [5.41, 5.74) is 0. The topological polar surface area (TPSA) is 100 Å². The number of carbonyl (C=O) groups excluding carboxylic acids is 1. The summed E-state index contributed by atoms with van der Waals surface area (Å²) >= 11 is 0. The Bertz CT molecular complexity index is 528. The second kappa shape index (κ2) is 12.7. The zero-order valence-corrected chi connectivity index (χ0v) is 18.4. The van der Waals surface area contributed by atoms with E-state index in [-0.39, 0.29) is 48.2 Å². The molecule has 1 fully saturated rings. The number of nitrogens with zero attached hydrogens (tertiary/aromatic N) is 2. The molecule has 1 saturated heterocycles. The lowest BCUT2D eigenvalue weighted by atomic mass is 9.98. The summed E-state index contributed by atoms with van der Waals surface area (Å²) in [6, 6.07) is 0. The highest BCUT2D eigenvalue weighted by Gasteiger charge is 2.28. The predicted molar refractivity (Wildman–Crippen MR) is 110 cm³/mol. The van der Waals surface area contributed by atoms with Crippen LogP contribution in [0.5, 0.6) is 0 Å². The first-order valence-electron chi connectivity index (χ1n) is 8.60. The number of piperidine rings is 1. The van der Waals surface area contributed by atoms with Crippen molar-refractivity contribution in [3.8, 4) is 0 Å². The first-order chi connectivity index (χ1) is 11.4. The van der Waals surface area contributed by atoms with Crippen molar-refractivity contribution >= 4 is 45.9 Å². The summed E-state index contributed by atoms with van der Waals surface area (Å²) in [6.07, 6.45) is 1.72. The van der Waals surface area contributed by atoms with Gasteiger partial charge in [0.2, 0.25) is 10.0 Å². The number of ether oxygens (including phenoxy) is 1. The van der Waals surface area contributed by atoms with Gasteiger partial charge < -0.3 is 15.0 Å². The molecule has 0 radical (unpaired) electrons. The predicted octanol–water partition coefficient (Wildman–Crippen LogP) is 0.784. The van der Waals surface area contributed by atoms with Crippen LogP contribution in [0.15, 0.2) is 4.99 Å². The van der Waals surface area contributed by atoms with Crippen molar-refractivity contribution in [2.24, 2.45) is 10.9 Å². The maximum atomic E-state index is 11.9. The van der Waals surface area contributed by atoms with Gasteiger partial charge in [0.25, 0.3) is 0 Å². The number of likely N-dealkylation sites (tertiary alicyclic amines) is 1. The van der Waals surface area contributed by atoms with Gasteiger partial charge in [-0.3, -0.25) is 9.79 Å². The Morgan fingerprint density at radius 3 is 2.64 bits per heavy atom. The number of guanidine groups is 1. The van der Waals surface area contributed by atoms with Crippen molar-refractivity contribution in [3.63, 3.8) is 0 Å². The highest BCUT2D eigenvalue weighted by atomic mass is 127. The van der Waals surface area contributed by atoms with E-state index in [0.29, 0.717) is 32.2 Å². The molecule has 2 N–H and O–H groups in total. The van der Waals surface area contributed by atoms with Gasteiger partial charge in [-0.2, -0.15) is 0 Å². The average Bonchev–Trinajstić information content (AvgIpc) is 2.58. The second-order valence-corrected chi connectivity index (χ2v) is 7.67. The number of rotatable bonds is 8.